The fourth-order valence-electron chi connectivity index (χ4n) is 2.83. The maximum absolute atomic E-state index is 4.70. The molecule has 0 amide bonds. The standard InChI is InChI=1S/C15H25N3/c1-4-14-7-6-8-18(14)15-12(3)9-13(11-17-15)10-16-5-2/h9,11,14,16H,4-8,10H2,1-3H3. The molecule has 0 saturated carbocycles. The second-order valence-electron chi connectivity index (χ2n) is 5.16. The Bertz CT molecular complexity index is 389. The lowest BCUT2D eigenvalue weighted by Gasteiger charge is -2.26. The molecular weight excluding hydrogens is 222 g/mol. The van der Waals surface area contributed by atoms with Crippen molar-refractivity contribution in [2.45, 2.75) is 52.6 Å². The van der Waals surface area contributed by atoms with Gasteiger partial charge < -0.3 is 10.2 Å². The molecule has 0 aromatic carbocycles. The molecule has 1 N–H and O–H groups in total. The Morgan fingerprint density at radius 2 is 2.28 bits per heavy atom. The van der Waals surface area contributed by atoms with Gasteiger partial charge in [0, 0.05) is 25.3 Å². The van der Waals surface area contributed by atoms with Crippen LogP contribution in [0.25, 0.3) is 0 Å². The summed E-state index contributed by atoms with van der Waals surface area (Å²) in [6.45, 7) is 9.68. The van der Waals surface area contributed by atoms with Crippen LogP contribution in [0.4, 0.5) is 5.82 Å². The Labute approximate surface area is 111 Å². The molecule has 2 rings (SSSR count). The molecule has 18 heavy (non-hydrogen) atoms. The zero-order valence-electron chi connectivity index (χ0n) is 11.9. The molecule has 1 aliphatic rings. The summed E-state index contributed by atoms with van der Waals surface area (Å²) in [6, 6.07) is 2.96. The number of nitrogens with zero attached hydrogens (tertiary/aromatic N) is 2. The van der Waals surface area contributed by atoms with E-state index in [2.05, 4.69) is 37.1 Å². The first kappa shape index (κ1) is 13.3. The van der Waals surface area contributed by atoms with Gasteiger partial charge in [-0.2, -0.15) is 0 Å². The van der Waals surface area contributed by atoms with Crippen LogP contribution in [0.2, 0.25) is 0 Å². The minimum absolute atomic E-state index is 0.691. The Kier molecular flexibility index (Phi) is 4.59. The van der Waals surface area contributed by atoms with Gasteiger partial charge in [-0.05, 0) is 49.9 Å². The Morgan fingerprint density at radius 1 is 1.44 bits per heavy atom. The minimum Gasteiger partial charge on any atom is -0.353 e. The molecule has 0 aliphatic carbocycles. The normalized spacial score (nSPS) is 19.5. The molecule has 0 spiro atoms. The fourth-order valence-corrected chi connectivity index (χ4v) is 2.83. The van der Waals surface area contributed by atoms with Crippen molar-refractivity contribution in [3.05, 3.63) is 23.4 Å². The SMILES string of the molecule is CCNCc1cnc(N2CCCC2CC)c(C)c1. The van der Waals surface area contributed by atoms with Crippen LogP contribution in [0.1, 0.15) is 44.2 Å². The second-order valence-corrected chi connectivity index (χ2v) is 5.16. The molecular formula is C15H25N3. The number of rotatable bonds is 5. The van der Waals surface area contributed by atoms with Crippen molar-refractivity contribution >= 4 is 5.82 Å². The van der Waals surface area contributed by atoms with E-state index >= 15 is 0 Å². The lowest BCUT2D eigenvalue weighted by molar-refractivity contribution is 0.638. The van der Waals surface area contributed by atoms with Crippen LogP contribution < -0.4 is 10.2 Å². The largest absolute Gasteiger partial charge is 0.353 e. The number of hydrogen-bond donors (Lipinski definition) is 1. The van der Waals surface area contributed by atoms with Crippen molar-refractivity contribution in [2.75, 3.05) is 18.0 Å². The highest BCUT2D eigenvalue weighted by Crippen LogP contribution is 2.28. The van der Waals surface area contributed by atoms with Gasteiger partial charge in [0.2, 0.25) is 0 Å². The van der Waals surface area contributed by atoms with E-state index in [4.69, 9.17) is 4.98 Å². The van der Waals surface area contributed by atoms with Gasteiger partial charge in [-0.15, -0.1) is 0 Å². The molecule has 1 atom stereocenters. The second kappa shape index (κ2) is 6.19. The summed E-state index contributed by atoms with van der Waals surface area (Å²) in [5.41, 5.74) is 2.59. The summed E-state index contributed by atoms with van der Waals surface area (Å²) < 4.78 is 0. The average molecular weight is 247 g/mol. The molecule has 2 heterocycles. The summed E-state index contributed by atoms with van der Waals surface area (Å²) in [5.74, 6) is 1.19. The minimum atomic E-state index is 0.691. The van der Waals surface area contributed by atoms with E-state index in [0.29, 0.717) is 6.04 Å². The highest BCUT2D eigenvalue weighted by Gasteiger charge is 2.24. The first-order valence-electron chi connectivity index (χ1n) is 7.19. The van der Waals surface area contributed by atoms with Gasteiger partial charge >= 0.3 is 0 Å². The highest BCUT2D eigenvalue weighted by molar-refractivity contribution is 5.49. The molecule has 1 aromatic rings. The summed E-state index contributed by atoms with van der Waals surface area (Å²) in [5, 5.41) is 3.35. The van der Waals surface area contributed by atoms with E-state index in [1.807, 2.05) is 6.20 Å². The predicted octanol–water partition coefficient (Wildman–Crippen LogP) is 2.88. The zero-order valence-corrected chi connectivity index (χ0v) is 11.9. The Balaban J connectivity index is 2.14. The van der Waals surface area contributed by atoms with Crippen LogP contribution in [0.3, 0.4) is 0 Å². The van der Waals surface area contributed by atoms with Gasteiger partial charge in [-0.1, -0.05) is 13.8 Å². The number of anilines is 1. The van der Waals surface area contributed by atoms with Crippen LogP contribution in [0.15, 0.2) is 12.3 Å². The number of aromatic nitrogens is 1. The van der Waals surface area contributed by atoms with Crippen LogP contribution >= 0.6 is 0 Å². The molecule has 1 saturated heterocycles. The monoisotopic (exact) mass is 247 g/mol. The lowest BCUT2D eigenvalue weighted by Crippen LogP contribution is -2.30. The van der Waals surface area contributed by atoms with Crippen molar-refractivity contribution in [3.63, 3.8) is 0 Å². The van der Waals surface area contributed by atoms with E-state index in [0.717, 1.165) is 13.1 Å². The van der Waals surface area contributed by atoms with Gasteiger partial charge in [0.15, 0.2) is 0 Å². The third-order valence-electron chi connectivity index (χ3n) is 3.81. The van der Waals surface area contributed by atoms with Gasteiger partial charge in [-0.25, -0.2) is 4.98 Å². The van der Waals surface area contributed by atoms with Crippen molar-refractivity contribution < 1.29 is 0 Å². The van der Waals surface area contributed by atoms with Crippen molar-refractivity contribution in [1.82, 2.24) is 10.3 Å². The van der Waals surface area contributed by atoms with E-state index in [1.54, 1.807) is 0 Å². The van der Waals surface area contributed by atoms with Gasteiger partial charge in [0.1, 0.15) is 5.82 Å². The van der Waals surface area contributed by atoms with Crippen LogP contribution in [-0.2, 0) is 6.54 Å². The zero-order chi connectivity index (χ0) is 13.0. The van der Waals surface area contributed by atoms with E-state index in [9.17, 15) is 0 Å². The van der Waals surface area contributed by atoms with Gasteiger partial charge in [-0.3, -0.25) is 0 Å². The van der Waals surface area contributed by atoms with Gasteiger partial charge in [0.05, 0.1) is 0 Å². The lowest BCUT2D eigenvalue weighted by atomic mass is 10.1. The third-order valence-corrected chi connectivity index (χ3v) is 3.81. The maximum Gasteiger partial charge on any atom is 0.131 e. The van der Waals surface area contributed by atoms with E-state index < -0.39 is 0 Å². The third kappa shape index (κ3) is 2.83. The van der Waals surface area contributed by atoms with Crippen LogP contribution in [-0.4, -0.2) is 24.1 Å². The van der Waals surface area contributed by atoms with Crippen LogP contribution in [0.5, 0.6) is 0 Å². The smallest absolute Gasteiger partial charge is 0.131 e. The Hall–Kier alpha value is -1.09. The number of pyridine rings is 1. The molecule has 100 valence electrons. The van der Waals surface area contributed by atoms with Crippen molar-refractivity contribution in [1.29, 1.82) is 0 Å². The quantitative estimate of drug-likeness (QED) is 0.867. The van der Waals surface area contributed by atoms with E-state index in [1.165, 1.54) is 42.8 Å². The molecule has 0 radical (unpaired) electrons. The molecule has 1 fully saturated rings. The molecule has 1 aromatic heterocycles. The topological polar surface area (TPSA) is 28.2 Å². The highest BCUT2D eigenvalue weighted by atomic mass is 15.2. The summed E-state index contributed by atoms with van der Waals surface area (Å²) in [6.07, 6.45) is 5.87. The summed E-state index contributed by atoms with van der Waals surface area (Å²) >= 11 is 0. The number of aryl methyl sites for hydroxylation is 1. The maximum atomic E-state index is 4.70. The van der Waals surface area contributed by atoms with Crippen molar-refractivity contribution in [3.8, 4) is 0 Å². The molecule has 3 heteroatoms. The molecule has 1 unspecified atom stereocenters. The molecule has 1 aliphatic heterocycles. The predicted molar refractivity (Wildman–Crippen MR) is 77.0 cm³/mol. The number of nitrogens with one attached hydrogen (secondary N) is 1. The van der Waals surface area contributed by atoms with Crippen molar-refractivity contribution in [2.24, 2.45) is 0 Å². The molecule has 0 bridgehead atoms. The van der Waals surface area contributed by atoms with E-state index in [-0.39, 0.29) is 0 Å². The summed E-state index contributed by atoms with van der Waals surface area (Å²) in [7, 11) is 0. The summed E-state index contributed by atoms with van der Waals surface area (Å²) in [4.78, 5) is 7.19. The average Bonchev–Trinajstić information content (AvgIpc) is 2.84. The van der Waals surface area contributed by atoms with Gasteiger partial charge in [0.25, 0.3) is 0 Å². The Morgan fingerprint density at radius 3 is 2.94 bits per heavy atom. The van der Waals surface area contributed by atoms with Crippen LogP contribution in [0, 0.1) is 6.92 Å². The number of hydrogen-bond acceptors (Lipinski definition) is 3. The molecule has 3 nitrogen and oxygen atoms in total. The fraction of sp³-hybridized carbons (Fsp3) is 0.667. The first-order chi connectivity index (χ1) is 8.76. The first-order valence-corrected chi connectivity index (χ1v) is 7.19.